The number of methoxy groups -OCH3 is 2. The van der Waals surface area contributed by atoms with Gasteiger partial charge in [0.05, 0.1) is 6.54 Å². The van der Waals surface area contributed by atoms with Gasteiger partial charge in [-0.3, -0.25) is 0 Å². The highest BCUT2D eigenvalue weighted by Gasteiger charge is 2.13. The van der Waals surface area contributed by atoms with Gasteiger partial charge in [0.2, 0.25) is 5.16 Å². The molecule has 0 aliphatic carbocycles. The number of hydrogen-bond donors (Lipinski definition) is 0. The van der Waals surface area contributed by atoms with Crippen LogP contribution < -0.4 is 0 Å². The number of aromatic nitrogens is 4. The molecule has 1 rings (SSSR count). The molecule has 86 valence electrons. The largest absolute Gasteiger partial charge is 0.354 e. The molecule has 0 fully saturated rings. The summed E-state index contributed by atoms with van der Waals surface area (Å²) in [4.78, 5) is 0. The van der Waals surface area contributed by atoms with Crippen LogP contribution >= 0.6 is 11.8 Å². The minimum Gasteiger partial charge on any atom is -0.354 e. The van der Waals surface area contributed by atoms with E-state index < -0.39 is 0 Å². The minimum atomic E-state index is -0.319. The van der Waals surface area contributed by atoms with Gasteiger partial charge in [-0.2, -0.15) is 0 Å². The van der Waals surface area contributed by atoms with Crippen LogP contribution in [0.2, 0.25) is 0 Å². The average molecular weight is 232 g/mol. The van der Waals surface area contributed by atoms with Crippen LogP contribution in [0.5, 0.6) is 0 Å². The standard InChI is InChI=1S/C8H16N4O2S/c1-6(2)15-8-9-10-11-12(8)5-7(13-3)14-4/h6-7H,5H2,1-4H3. The molecule has 7 heteroatoms. The summed E-state index contributed by atoms with van der Waals surface area (Å²) in [6.45, 7) is 4.68. The van der Waals surface area contributed by atoms with Crippen molar-refractivity contribution in [2.45, 2.75) is 37.1 Å². The number of thioether (sulfide) groups is 1. The summed E-state index contributed by atoms with van der Waals surface area (Å²) >= 11 is 1.61. The van der Waals surface area contributed by atoms with Crippen molar-refractivity contribution in [2.75, 3.05) is 14.2 Å². The van der Waals surface area contributed by atoms with E-state index in [0.29, 0.717) is 11.8 Å². The Bertz CT molecular complexity index is 288. The van der Waals surface area contributed by atoms with E-state index in [0.717, 1.165) is 5.16 Å². The first-order valence-electron chi connectivity index (χ1n) is 4.65. The van der Waals surface area contributed by atoms with Crippen LogP contribution in [-0.2, 0) is 16.0 Å². The third-order valence-corrected chi connectivity index (χ3v) is 2.66. The molecule has 0 amide bonds. The smallest absolute Gasteiger partial charge is 0.209 e. The molecule has 0 spiro atoms. The third-order valence-electron chi connectivity index (χ3n) is 1.69. The van der Waals surface area contributed by atoms with Crippen molar-refractivity contribution in [3.05, 3.63) is 0 Å². The Balaban J connectivity index is 2.63. The Morgan fingerprint density at radius 2 is 2.00 bits per heavy atom. The molecule has 0 saturated carbocycles. The fourth-order valence-electron chi connectivity index (χ4n) is 0.993. The summed E-state index contributed by atoms with van der Waals surface area (Å²) in [6, 6.07) is 0. The number of rotatable bonds is 6. The SMILES string of the molecule is COC(Cn1nnnc1SC(C)C)OC. The highest BCUT2D eigenvalue weighted by Crippen LogP contribution is 2.19. The molecule has 0 radical (unpaired) electrons. The first-order valence-corrected chi connectivity index (χ1v) is 5.53. The molecule has 0 unspecified atom stereocenters. The van der Waals surface area contributed by atoms with Crippen LogP contribution in [0.15, 0.2) is 5.16 Å². The Morgan fingerprint density at radius 3 is 2.53 bits per heavy atom. The second-order valence-corrected chi connectivity index (χ2v) is 4.75. The lowest BCUT2D eigenvalue weighted by atomic mass is 10.6. The maximum Gasteiger partial charge on any atom is 0.209 e. The summed E-state index contributed by atoms with van der Waals surface area (Å²) < 4.78 is 11.9. The van der Waals surface area contributed by atoms with Gasteiger partial charge in [0.15, 0.2) is 6.29 Å². The van der Waals surface area contributed by atoms with Crippen LogP contribution in [0.1, 0.15) is 13.8 Å². The van der Waals surface area contributed by atoms with Crippen LogP contribution in [-0.4, -0.2) is 46.0 Å². The third kappa shape index (κ3) is 3.77. The van der Waals surface area contributed by atoms with E-state index >= 15 is 0 Å². The molecular weight excluding hydrogens is 216 g/mol. The van der Waals surface area contributed by atoms with Gasteiger partial charge >= 0.3 is 0 Å². The summed E-state index contributed by atoms with van der Waals surface area (Å²) in [6.07, 6.45) is -0.319. The highest BCUT2D eigenvalue weighted by atomic mass is 32.2. The molecule has 0 N–H and O–H groups in total. The van der Waals surface area contributed by atoms with Crippen molar-refractivity contribution in [3.8, 4) is 0 Å². The molecule has 1 aromatic rings. The Kier molecular flexibility index (Phi) is 5.00. The van der Waals surface area contributed by atoms with Crippen LogP contribution in [0, 0.1) is 0 Å². The van der Waals surface area contributed by atoms with Crippen molar-refractivity contribution in [3.63, 3.8) is 0 Å². The first kappa shape index (κ1) is 12.4. The van der Waals surface area contributed by atoms with E-state index in [4.69, 9.17) is 9.47 Å². The Hall–Kier alpha value is -0.660. The van der Waals surface area contributed by atoms with Gasteiger partial charge in [-0.05, 0) is 10.4 Å². The molecule has 0 aromatic carbocycles. The van der Waals surface area contributed by atoms with E-state index in [-0.39, 0.29) is 6.29 Å². The van der Waals surface area contributed by atoms with Crippen molar-refractivity contribution in [1.82, 2.24) is 20.2 Å². The lowest BCUT2D eigenvalue weighted by Gasteiger charge is -2.13. The lowest BCUT2D eigenvalue weighted by Crippen LogP contribution is -2.22. The van der Waals surface area contributed by atoms with Crippen molar-refractivity contribution in [2.24, 2.45) is 0 Å². The zero-order valence-corrected chi connectivity index (χ0v) is 10.2. The van der Waals surface area contributed by atoms with Crippen molar-refractivity contribution >= 4 is 11.8 Å². The average Bonchev–Trinajstić information content (AvgIpc) is 2.61. The van der Waals surface area contributed by atoms with E-state index in [9.17, 15) is 0 Å². The second-order valence-electron chi connectivity index (χ2n) is 3.21. The molecule has 1 heterocycles. The number of nitrogens with zero attached hydrogens (tertiary/aromatic N) is 4. The van der Waals surface area contributed by atoms with Gasteiger partial charge in [0.25, 0.3) is 0 Å². The number of tetrazole rings is 1. The number of ether oxygens (including phenoxy) is 2. The molecule has 0 saturated heterocycles. The highest BCUT2D eigenvalue weighted by molar-refractivity contribution is 7.99. The first-order chi connectivity index (χ1) is 7.17. The summed E-state index contributed by atoms with van der Waals surface area (Å²) in [7, 11) is 3.18. The molecule has 6 nitrogen and oxygen atoms in total. The zero-order valence-electron chi connectivity index (χ0n) is 9.38. The number of hydrogen-bond acceptors (Lipinski definition) is 6. The van der Waals surface area contributed by atoms with Crippen LogP contribution in [0.25, 0.3) is 0 Å². The van der Waals surface area contributed by atoms with Gasteiger partial charge in [0.1, 0.15) is 0 Å². The van der Waals surface area contributed by atoms with Crippen LogP contribution in [0.3, 0.4) is 0 Å². The van der Waals surface area contributed by atoms with Crippen molar-refractivity contribution in [1.29, 1.82) is 0 Å². The van der Waals surface area contributed by atoms with Gasteiger partial charge in [-0.15, -0.1) is 5.10 Å². The molecule has 0 aliphatic heterocycles. The van der Waals surface area contributed by atoms with Gasteiger partial charge in [-0.25, -0.2) is 4.68 Å². The van der Waals surface area contributed by atoms with Crippen LogP contribution in [0.4, 0.5) is 0 Å². The lowest BCUT2D eigenvalue weighted by molar-refractivity contribution is -0.113. The summed E-state index contributed by atoms with van der Waals surface area (Å²) in [5, 5.41) is 12.7. The molecular formula is C8H16N4O2S. The minimum absolute atomic E-state index is 0.319. The molecule has 1 aromatic heterocycles. The Morgan fingerprint density at radius 1 is 1.33 bits per heavy atom. The second kappa shape index (κ2) is 6.04. The topological polar surface area (TPSA) is 62.1 Å². The predicted molar refractivity (Wildman–Crippen MR) is 56.6 cm³/mol. The summed E-state index contributed by atoms with van der Waals surface area (Å²) in [5.41, 5.74) is 0. The maximum atomic E-state index is 5.08. The molecule has 0 aliphatic rings. The molecule has 15 heavy (non-hydrogen) atoms. The summed E-state index contributed by atoms with van der Waals surface area (Å²) in [5.74, 6) is 0. The normalized spacial score (nSPS) is 11.6. The predicted octanol–water partition coefficient (Wildman–Crippen LogP) is 0.792. The van der Waals surface area contributed by atoms with Gasteiger partial charge in [0, 0.05) is 19.5 Å². The fraction of sp³-hybridized carbons (Fsp3) is 0.875. The molecule has 0 bridgehead atoms. The molecule has 0 atom stereocenters. The van der Waals surface area contributed by atoms with E-state index in [1.54, 1.807) is 30.7 Å². The van der Waals surface area contributed by atoms with Gasteiger partial charge in [-0.1, -0.05) is 25.6 Å². The zero-order chi connectivity index (χ0) is 11.3. The monoisotopic (exact) mass is 232 g/mol. The maximum absolute atomic E-state index is 5.08. The van der Waals surface area contributed by atoms with E-state index in [1.807, 2.05) is 0 Å². The van der Waals surface area contributed by atoms with Crippen molar-refractivity contribution < 1.29 is 9.47 Å². The van der Waals surface area contributed by atoms with Gasteiger partial charge < -0.3 is 9.47 Å². The van der Waals surface area contributed by atoms with E-state index in [2.05, 4.69) is 29.4 Å². The Labute approximate surface area is 93.3 Å². The fourth-order valence-corrected chi connectivity index (χ4v) is 1.73. The quantitative estimate of drug-likeness (QED) is 0.534. The van der Waals surface area contributed by atoms with E-state index in [1.165, 1.54) is 0 Å².